The van der Waals surface area contributed by atoms with Crippen molar-refractivity contribution in [1.82, 2.24) is 10.3 Å². The number of pyridine rings is 1. The lowest BCUT2D eigenvalue weighted by atomic mass is 9.97. The highest BCUT2D eigenvalue weighted by molar-refractivity contribution is 6.16. The number of hydrogen-bond donors (Lipinski definition) is 3. The highest BCUT2D eigenvalue weighted by Gasteiger charge is 2.56. The number of halogens is 1. The van der Waals surface area contributed by atoms with Crippen molar-refractivity contribution < 1.29 is 18.7 Å². The first-order valence-corrected chi connectivity index (χ1v) is 15.2. The van der Waals surface area contributed by atoms with Crippen molar-refractivity contribution in [2.75, 3.05) is 23.7 Å². The molecule has 3 N–H and O–H groups in total. The number of benzene rings is 3. The maximum atomic E-state index is 13.1. The topological polar surface area (TPSA) is 92.4 Å². The van der Waals surface area contributed by atoms with Gasteiger partial charge in [-0.2, -0.15) is 0 Å². The zero-order chi connectivity index (χ0) is 30.8. The van der Waals surface area contributed by atoms with Crippen LogP contribution in [0, 0.1) is 11.2 Å². The van der Waals surface area contributed by atoms with Crippen LogP contribution in [0.1, 0.15) is 72.3 Å². The van der Waals surface area contributed by atoms with Gasteiger partial charge in [-0.25, -0.2) is 4.39 Å². The van der Waals surface area contributed by atoms with Crippen molar-refractivity contribution in [3.05, 3.63) is 90.4 Å². The van der Waals surface area contributed by atoms with E-state index in [0.717, 1.165) is 30.4 Å². The first-order chi connectivity index (χ1) is 20.9. The number of carbonyl (C=O) groups excluding carboxylic acids is 2. The number of rotatable bonds is 7. The number of anilines is 2. The molecular formula is C36H45FN4O3. The molecule has 234 valence electrons. The highest BCUT2D eigenvalue weighted by atomic mass is 19.1. The second-order valence-corrected chi connectivity index (χ2v) is 10.6. The SMILES string of the molecule is C.CC.CCC.O=C(Nc1ccc(F)cc1)C1(C(=O)Nc2ccc(Oc3ccnc4cc(C5CCNC5)ccc34)cc2)CC1. The minimum absolute atomic E-state index is 0. The summed E-state index contributed by atoms with van der Waals surface area (Å²) in [5.41, 5.74) is 2.08. The minimum Gasteiger partial charge on any atom is -0.457 e. The van der Waals surface area contributed by atoms with Gasteiger partial charge in [-0.05, 0) is 104 Å². The molecule has 1 saturated carbocycles. The largest absolute Gasteiger partial charge is 0.457 e. The number of fused-ring (bicyclic) bond motifs is 1. The van der Waals surface area contributed by atoms with Gasteiger partial charge in [-0.15, -0.1) is 0 Å². The number of hydrogen-bond acceptors (Lipinski definition) is 5. The third-order valence-electron chi connectivity index (χ3n) is 7.32. The number of aromatic nitrogens is 1. The van der Waals surface area contributed by atoms with Gasteiger partial charge >= 0.3 is 0 Å². The van der Waals surface area contributed by atoms with Crippen LogP contribution in [0.25, 0.3) is 10.9 Å². The first-order valence-electron chi connectivity index (χ1n) is 15.2. The first kappa shape index (κ1) is 34.2. The Balaban J connectivity index is 0.000000833. The van der Waals surface area contributed by atoms with Crippen LogP contribution >= 0.6 is 0 Å². The molecule has 1 aromatic heterocycles. The molecule has 0 bridgehead atoms. The van der Waals surface area contributed by atoms with E-state index >= 15 is 0 Å². The summed E-state index contributed by atoms with van der Waals surface area (Å²) in [5, 5.41) is 9.90. The van der Waals surface area contributed by atoms with Crippen molar-refractivity contribution in [2.45, 2.75) is 66.7 Å². The summed E-state index contributed by atoms with van der Waals surface area (Å²) in [6.07, 6.45) is 5.04. The zero-order valence-corrected chi connectivity index (χ0v) is 25.4. The van der Waals surface area contributed by atoms with Gasteiger partial charge in [0.2, 0.25) is 11.8 Å². The Morgan fingerprint density at radius 2 is 1.52 bits per heavy atom. The predicted molar refractivity (Wildman–Crippen MR) is 178 cm³/mol. The Bertz CT molecular complexity index is 1510. The summed E-state index contributed by atoms with van der Waals surface area (Å²) < 4.78 is 19.3. The van der Waals surface area contributed by atoms with E-state index in [1.807, 2.05) is 19.9 Å². The highest BCUT2D eigenvalue weighted by Crippen LogP contribution is 2.47. The summed E-state index contributed by atoms with van der Waals surface area (Å²) in [5.74, 6) is 0.694. The molecule has 2 heterocycles. The molecule has 1 aliphatic carbocycles. The van der Waals surface area contributed by atoms with Crippen LogP contribution in [-0.2, 0) is 9.59 Å². The van der Waals surface area contributed by atoms with Crippen LogP contribution in [0.5, 0.6) is 11.5 Å². The van der Waals surface area contributed by atoms with Gasteiger partial charge in [0.25, 0.3) is 0 Å². The van der Waals surface area contributed by atoms with Gasteiger partial charge in [0, 0.05) is 29.5 Å². The molecule has 1 unspecified atom stereocenters. The molecule has 1 aliphatic heterocycles. The van der Waals surface area contributed by atoms with Crippen molar-refractivity contribution in [3.8, 4) is 11.5 Å². The van der Waals surface area contributed by atoms with Crippen LogP contribution in [0.15, 0.2) is 79.0 Å². The van der Waals surface area contributed by atoms with Crippen molar-refractivity contribution in [2.24, 2.45) is 5.41 Å². The number of nitrogens with zero attached hydrogens (tertiary/aromatic N) is 1. The average molecular weight is 601 g/mol. The van der Waals surface area contributed by atoms with Gasteiger partial charge < -0.3 is 20.7 Å². The fraction of sp³-hybridized carbons (Fsp3) is 0.361. The van der Waals surface area contributed by atoms with Crippen LogP contribution in [0.2, 0.25) is 0 Å². The third kappa shape index (κ3) is 8.20. The lowest BCUT2D eigenvalue weighted by Gasteiger charge is -2.16. The molecule has 4 aromatic rings. The smallest absolute Gasteiger partial charge is 0.240 e. The maximum Gasteiger partial charge on any atom is 0.240 e. The van der Waals surface area contributed by atoms with Gasteiger partial charge in [-0.3, -0.25) is 14.6 Å². The summed E-state index contributed by atoms with van der Waals surface area (Å²) in [6, 6.07) is 20.7. The van der Waals surface area contributed by atoms with Crippen LogP contribution < -0.4 is 20.7 Å². The summed E-state index contributed by atoms with van der Waals surface area (Å²) in [4.78, 5) is 30.3. The van der Waals surface area contributed by atoms with E-state index in [-0.39, 0.29) is 13.3 Å². The van der Waals surface area contributed by atoms with E-state index in [9.17, 15) is 14.0 Å². The van der Waals surface area contributed by atoms with E-state index in [2.05, 4.69) is 53.0 Å². The molecule has 2 fully saturated rings. The molecule has 6 rings (SSSR count). The van der Waals surface area contributed by atoms with E-state index < -0.39 is 17.1 Å². The van der Waals surface area contributed by atoms with Crippen LogP contribution in [0.3, 0.4) is 0 Å². The van der Waals surface area contributed by atoms with Gasteiger partial charge in [-0.1, -0.05) is 47.6 Å². The molecule has 7 nitrogen and oxygen atoms in total. The second-order valence-electron chi connectivity index (χ2n) is 10.6. The van der Waals surface area contributed by atoms with Crippen molar-refractivity contribution in [3.63, 3.8) is 0 Å². The Morgan fingerprint density at radius 1 is 0.932 bits per heavy atom. The predicted octanol–water partition coefficient (Wildman–Crippen LogP) is 8.68. The molecule has 1 atom stereocenters. The molecule has 8 heteroatoms. The Morgan fingerprint density at radius 3 is 2.07 bits per heavy atom. The van der Waals surface area contributed by atoms with Crippen molar-refractivity contribution >= 4 is 34.1 Å². The number of nitrogens with one attached hydrogen (secondary N) is 3. The lowest BCUT2D eigenvalue weighted by molar-refractivity contribution is -0.131. The van der Waals surface area contributed by atoms with Crippen LogP contribution in [0.4, 0.5) is 15.8 Å². The monoisotopic (exact) mass is 600 g/mol. The summed E-state index contributed by atoms with van der Waals surface area (Å²) in [6.45, 7) is 10.3. The van der Waals surface area contributed by atoms with Gasteiger partial charge in [0.05, 0.1) is 5.52 Å². The quantitative estimate of drug-likeness (QED) is 0.185. The molecule has 0 spiro atoms. The standard InChI is InChI=1S/C30H27FN4O3.C3H8.C2H6.CH4/c31-21-2-4-22(5-3-21)34-28(36)30(13-14-30)29(37)35-23-6-8-24(9-7-23)38-27-12-16-33-26-17-19(1-10-25(26)27)20-11-15-32-18-20;1-3-2;1-2;/h1-10,12,16-17,20,32H,11,13-15,18H2,(H,34,36)(H,35,37);3H2,1-2H3;1-2H3;1H4. The Labute approximate surface area is 260 Å². The minimum atomic E-state index is -1.12. The van der Waals surface area contributed by atoms with Gasteiger partial charge in [0.15, 0.2) is 0 Å². The third-order valence-corrected chi connectivity index (χ3v) is 7.32. The lowest BCUT2D eigenvalue weighted by Crippen LogP contribution is -2.35. The molecule has 0 radical (unpaired) electrons. The molecule has 2 aliphatic rings. The number of ether oxygens (including phenoxy) is 1. The van der Waals surface area contributed by atoms with Crippen LogP contribution in [-0.4, -0.2) is 29.9 Å². The Kier molecular flexibility index (Phi) is 12.4. The zero-order valence-electron chi connectivity index (χ0n) is 25.4. The fourth-order valence-corrected chi connectivity index (χ4v) is 4.87. The molecule has 2 amide bonds. The fourth-order valence-electron chi connectivity index (χ4n) is 4.87. The normalized spacial score (nSPS) is 15.8. The van der Waals surface area contributed by atoms with E-state index in [1.165, 1.54) is 36.2 Å². The number of carbonyl (C=O) groups is 2. The van der Waals surface area contributed by atoms with Crippen molar-refractivity contribution in [1.29, 1.82) is 0 Å². The second kappa shape index (κ2) is 16.0. The number of amides is 2. The average Bonchev–Trinajstić information content (AvgIpc) is 3.67. The van der Waals surface area contributed by atoms with E-state index in [1.54, 1.807) is 30.5 Å². The molecule has 3 aromatic carbocycles. The Hall–Kier alpha value is -4.30. The molecular weight excluding hydrogens is 555 g/mol. The van der Waals surface area contributed by atoms with E-state index in [4.69, 9.17) is 4.74 Å². The molecule has 44 heavy (non-hydrogen) atoms. The molecule has 1 saturated heterocycles. The van der Waals surface area contributed by atoms with Gasteiger partial charge in [0.1, 0.15) is 22.7 Å². The summed E-state index contributed by atoms with van der Waals surface area (Å²) >= 11 is 0. The summed E-state index contributed by atoms with van der Waals surface area (Å²) in [7, 11) is 0. The maximum absolute atomic E-state index is 13.1. The van der Waals surface area contributed by atoms with E-state index in [0.29, 0.717) is 41.6 Å².